The molecule has 0 aromatic heterocycles. The Morgan fingerprint density at radius 2 is 1.55 bits per heavy atom. The van der Waals surface area contributed by atoms with E-state index in [9.17, 15) is 19.0 Å². The number of nitrogens with one attached hydrogen (secondary N) is 1. The van der Waals surface area contributed by atoms with Gasteiger partial charge in [-0.2, -0.15) is 0 Å². The molecule has 1 aromatic rings. The number of nitrogens with two attached hydrogens (primary N) is 1. The van der Waals surface area contributed by atoms with Crippen LogP contribution in [0.4, 0.5) is 5.69 Å². The second-order valence-corrected chi connectivity index (χ2v) is 11.9. The van der Waals surface area contributed by atoms with Crippen LogP contribution in [0, 0.1) is 0 Å². The summed E-state index contributed by atoms with van der Waals surface area (Å²) in [4.78, 5) is 50.6. The van der Waals surface area contributed by atoms with Crippen molar-refractivity contribution in [2.24, 2.45) is 5.73 Å². The summed E-state index contributed by atoms with van der Waals surface area (Å²) in [6.45, 7) is 1.07. The van der Waals surface area contributed by atoms with Gasteiger partial charge in [0.05, 0.1) is 6.04 Å². The van der Waals surface area contributed by atoms with Crippen molar-refractivity contribution in [1.29, 1.82) is 0 Å². The SMILES string of the molecule is Cl.N[C@@H](Cc1ccc(N(CCCl)CCCl)cc1)C(=O)NCCCC(O)(P(=O)(O)O)P(=O)(O)O. The van der Waals surface area contributed by atoms with Gasteiger partial charge in [0.1, 0.15) is 0 Å². The first-order valence-electron chi connectivity index (χ1n) is 9.59. The molecule has 0 unspecified atom stereocenters. The number of hydrogen-bond donors (Lipinski definition) is 7. The molecular weight excluding hydrogens is 543 g/mol. The molecule has 0 spiro atoms. The van der Waals surface area contributed by atoms with Crippen LogP contribution in [0.5, 0.6) is 0 Å². The summed E-state index contributed by atoms with van der Waals surface area (Å²) in [7, 11) is -11.0. The molecule has 192 valence electrons. The molecule has 16 heteroatoms. The van der Waals surface area contributed by atoms with Gasteiger partial charge in [-0.3, -0.25) is 13.9 Å². The molecule has 33 heavy (non-hydrogen) atoms. The Labute approximate surface area is 208 Å². The van der Waals surface area contributed by atoms with Gasteiger partial charge < -0.3 is 40.6 Å². The fourth-order valence-electron chi connectivity index (χ4n) is 2.89. The zero-order valence-corrected chi connectivity index (χ0v) is 21.7. The van der Waals surface area contributed by atoms with Crippen LogP contribution in [0.1, 0.15) is 18.4 Å². The fourth-order valence-corrected chi connectivity index (χ4v) is 5.56. The Bertz CT molecular complexity index is 809. The summed E-state index contributed by atoms with van der Waals surface area (Å²) in [6, 6.07) is 6.44. The first-order valence-corrected chi connectivity index (χ1v) is 13.9. The van der Waals surface area contributed by atoms with E-state index in [0.29, 0.717) is 24.8 Å². The van der Waals surface area contributed by atoms with Gasteiger partial charge in [0.25, 0.3) is 5.08 Å². The molecule has 1 rings (SSSR count). The summed E-state index contributed by atoms with van der Waals surface area (Å²) < 4.78 is 22.6. The third-order valence-electron chi connectivity index (χ3n) is 4.72. The minimum absolute atomic E-state index is 0. The second-order valence-electron chi connectivity index (χ2n) is 7.10. The summed E-state index contributed by atoms with van der Waals surface area (Å²) in [5, 5.41) is 8.72. The van der Waals surface area contributed by atoms with Gasteiger partial charge in [-0.25, -0.2) is 0 Å². The van der Waals surface area contributed by atoms with Gasteiger partial charge in [0, 0.05) is 43.5 Å². The molecule has 0 aliphatic rings. The first kappa shape index (κ1) is 32.6. The molecule has 1 amide bonds. The lowest BCUT2D eigenvalue weighted by Gasteiger charge is -2.29. The molecule has 8 N–H and O–H groups in total. The highest BCUT2D eigenvalue weighted by Gasteiger charge is 2.58. The van der Waals surface area contributed by atoms with Crippen molar-refractivity contribution in [3.63, 3.8) is 0 Å². The number of hydrogen-bond acceptors (Lipinski definition) is 6. The average molecular weight is 573 g/mol. The Morgan fingerprint density at radius 1 is 1.06 bits per heavy atom. The fraction of sp³-hybridized carbons (Fsp3) is 0.588. The van der Waals surface area contributed by atoms with E-state index in [4.69, 9.17) is 48.5 Å². The van der Waals surface area contributed by atoms with Gasteiger partial charge in [0.15, 0.2) is 0 Å². The van der Waals surface area contributed by atoms with Gasteiger partial charge >= 0.3 is 15.2 Å². The number of halogens is 3. The monoisotopic (exact) mass is 571 g/mol. The van der Waals surface area contributed by atoms with Gasteiger partial charge in [0.2, 0.25) is 5.91 Å². The highest BCUT2D eigenvalue weighted by Crippen LogP contribution is 2.69. The standard InChI is InChI=1S/C17H29Cl2N3O8P2.ClH/c18-7-10-22(11-8-19)14-4-2-13(3-5-14)12-15(20)16(23)21-9-1-6-17(24,31(25,26)27)32(28,29)30;/h2-5,15,24H,1,6-12,20H2,(H,21,23)(H2,25,26,27)(H2,28,29,30);1H/t15-;/m0./s1. The largest absolute Gasteiger partial charge is 0.369 e. The number of anilines is 1. The molecule has 0 heterocycles. The van der Waals surface area contributed by atoms with Crippen LogP contribution < -0.4 is 16.0 Å². The number of carbonyl (C=O) groups excluding carboxylic acids is 1. The minimum Gasteiger partial charge on any atom is -0.369 e. The maximum atomic E-state index is 12.2. The van der Waals surface area contributed by atoms with E-state index in [2.05, 4.69) is 5.32 Å². The maximum absolute atomic E-state index is 12.2. The first-order chi connectivity index (χ1) is 14.8. The van der Waals surface area contributed by atoms with Crippen molar-refractivity contribution < 1.29 is 38.6 Å². The normalized spacial score (nSPS) is 13.2. The molecule has 0 radical (unpaired) electrons. The molecule has 0 bridgehead atoms. The second kappa shape index (κ2) is 14.2. The average Bonchev–Trinajstić information content (AvgIpc) is 2.69. The molecular formula is C17H30Cl3N3O8P2. The highest BCUT2D eigenvalue weighted by atomic mass is 35.5. The molecule has 11 nitrogen and oxygen atoms in total. The number of aliphatic hydroxyl groups is 1. The Hall–Kier alpha value is -0.420. The molecule has 0 saturated heterocycles. The van der Waals surface area contributed by atoms with Gasteiger partial charge in [-0.1, -0.05) is 12.1 Å². The van der Waals surface area contributed by atoms with Crippen LogP contribution >= 0.6 is 50.8 Å². The molecule has 0 aliphatic heterocycles. The van der Waals surface area contributed by atoms with Crippen LogP contribution in [0.2, 0.25) is 0 Å². The minimum atomic E-state index is -5.52. The topological polar surface area (TPSA) is 194 Å². The van der Waals surface area contributed by atoms with Crippen molar-refractivity contribution >= 4 is 62.4 Å². The molecule has 0 saturated carbocycles. The van der Waals surface area contributed by atoms with E-state index in [1.54, 1.807) is 0 Å². The van der Waals surface area contributed by atoms with E-state index in [0.717, 1.165) is 11.3 Å². The predicted octanol–water partition coefficient (Wildman–Crippen LogP) is 1.16. The van der Waals surface area contributed by atoms with Crippen molar-refractivity contribution in [2.45, 2.75) is 30.4 Å². The highest BCUT2D eigenvalue weighted by molar-refractivity contribution is 7.72. The van der Waals surface area contributed by atoms with E-state index in [1.165, 1.54) is 0 Å². The zero-order chi connectivity index (χ0) is 24.6. The summed E-state index contributed by atoms with van der Waals surface area (Å²) in [5.41, 5.74) is 7.62. The summed E-state index contributed by atoms with van der Waals surface area (Å²) in [5.74, 6) is 0.336. The van der Waals surface area contributed by atoms with Crippen molar-refractivity contribution in [1.82, 2.24) is 5.32 Å². The van der Waals surface area contributed by atoms with E-state index in [1.807, 2.05) is 29.2 Å². The quantitative estimate of drug-likeness (QED) is 0.0966. The van der Waals surface area contributed by atoms with E-state index in [-0.39, 0.29) is 31.8 Å². The Morgan fingerprint density at radius 3 is 1.97 bits per heavy atom. The molecule has 1 atom stereocenters. The number of nitrogens with zero attached hydrogens (tertiary/aromatic N) is 1. The number of benzene rings is 1. The predicted molar refractivity (Wildman–Crippen MR) is 130 cm³/mol. The van der Waals surface area contributed by atoms with Gasteiger partial charge in [-0.15, -0.1) is 35.6 Å². The van der Waals surface area contributed by atoms with Crippen LogP contribution in [-0.4, -0.2) is 73.1 Å². The van der Waals surface area contributed by atoms with Crippen molar-refractivity contribution in [3.05, 3.63) is 29.8 Å². The molecule has 0 fully saturated rings. The smallest absolute Gasteiger partial charge is 0.369 e. The number of alkyl halides is 2. The lowest BCUT2D eigenvalue weighted by Crippen LogP contribution is -2.42. The third kappa shape index (κ3) is 9.63. The maximum Gasteiger partial charge on any atom is 0.369 e. The lowest BCUT2D eigenvalue weighted by atomic mass is 10.1. The van der Waals surface area contributed by atoms with E-state index < -0.39 is 38.6 Å². The summed E-state index contributed by atoms with van der Waals surface area (Å²) in [6.07, 6.45) is -0.997. The Balaban J connectivity index is 0.0000102. The summed E-state index contributed by atoms with van der Waals surface area (Å²) >= 11 is 11.6. The van der Waals surface area contributed by atoms with Crippen LogP contribution in [0.15, 0.2) is 24.3 Å². The third-order valence-corrected chi connectivity index (χ3v) is 8.94. The van der Waals surface area contributed by atoms with Gasteiger partial charge in [-0.05, 0) is 30.5 Å². The molecule has 1 aromatic carbocycles. The van der Waals surface area contributed by atoms with E-state index >= 15 is 0 Å². The van der Waals surface area contributed by atoms with Crippen LogP contribution in [-0.2, 0) is 20.3 Å². The number of amides is 1. The Kier molecular flexibility index (Phi) is 14.0. The van der Waals surface area contributed by atoms with Crippen LogP contribution in [0.3, 0.4) is 0 Å². The lowest BCUT2D eigenvalue weighted by molar-refractivity contribution is -0.122. The molecule has 0 aliphatic carbocycles. The van der Waals surface area contributed by atoms with Crippen molar-refractivity contribution in [2.75, 3.05) is 36.3 Å². The van der Waals surface area contributed by atoms with Crippen molar-refractivity contribution in [3.8, 4) is 0 Å². The zero-order valence-electron chi connectivity index (χ0n) is 17.6. The number of rotatable bonds is 14. The van der Waals surface area contributed by atoms with Crippen LogP contribution in [0.25, 0.3) is 0 Å². The number of carbonyl (C=O) groups is 1.